The minimum Gasteiger partial charge on any atom is -0.309 e. The van der Waals surface area contributed by atoms with E-state index in [1.165, 1.54) is 53.2 Å². The Balaban J connectivity index is 1.85. The molecule has 6 rings (SSSR count). The second kappa shape index (κ2) is 5.45. The largest absolute Gasteiger partial charge is 0.309 e. The Morgan fingerprint density at radius 1 is 0.630 bits per heavy atom. The Kier molecular flexibility index (Phi) is 3.03. The summed E-state index contributed by atoms with van der Waals surface area (Å²) in [6.45, 7) is 2.21. The highest BCUT2D eigenvalue weighted by molar-refractivity contribution is 7.26. The fourth-order valence-corrected chi connectivity index (χ4v) is 5.45. The second-order valence-corrected chi connectivity index (χ2v) is 8.16. The van der Waals surface area contributed by atoms with Crippen LogP contribution in [0, 0.1) is 6.92 Å². The molecule has 0 aliphatic carbocycles. The molecule has 1 nitrogen and oxygen atoms in total. The fourth-order valence-electron chi connectivity index (χ4n) is 4.26. The number of rotatable bonds is 1. The molecule has 4 aromatic carbocycles. The molecule has 2 heteroatoms. The Morgan fingerprint density at radius 2 is 1.41 bits per heavy atom. The van der Waals surface area contributed by atoms with Gasteiger partial charge >= 0.3 is 0 Å². The quantitative estimate of drug-likeness (QED) is 0.286. The van der Waals surface area contributed by atoms with Crippen molar-refractivity contribution in [2.75, 3.05) is 0 Å². The van der Waals surface area contributed by atoms with Gasteiger partial charge in [0.2, 0.25) is 0 Å². The minimum absolute atomic E-state index is 1.21. The molecule has 0 unspecified atom stereocenters. The van der Waals surface area contributed by atoms with E-state index in [9.17, 15) is 0 Å². The summed E-state index contributed by atoms with van der Waals surface area (Å²) in [5.74, 6) is 0. The number of thiophene rings is 1. The van der Waals surface area contributed by atoms with Crippen LogP contribution < -0.4 is 0 Å². The lowest BCUT2D eigenvalue weighted by Crippen LogP contribution is -1.92. The first-order valence-corrected chi connectivity index (χ1v) is 10.0. The van der Waals surface area contributed by atoms with Crippen LogP contribution in [-0.4, -0.2) is 4.57 Å². The van der Waals surface area contributed by atoms with Gasteiger partial charge in [-0.25, -0.2) is 0 Å². The summed E-state index contributed by atoms with van der Waals surface area (Å²) in [7, 11) is 0. The van der Waals surface area contributed by atoms with E-state index in [2.05, 4.69) is 96.4 Å². The number of hydrogen-bond acceptors (Lipinski definition) is 1. The molecule has 0 fully saturated rings. The zero-order valence-electron chi connectivity index (χ0n) is 14.9. The van der Waals surface area contributed by atoms with Crippen molar-refractivity contribution in [1.82, 2.24) is 4.57 Å². The third kappa shape index (κ3) is 2.05. The lowest BCUT2D eigenvalue weighted by Gasteiger charge is -2.07. The predicted molar refractivity (Wildman–Crippen MR) is 118 cm³/mol. The molecule has 0 amide bonds. The van der Waals surface area contributed by atoms with Gasteiger partial charge in [-0.15, -0.1) is 11.3 Å². The Morgan fingerprint density at radius 3 is 2.30 bits per heavy atom. The SMILES string of the molecule is Cc1cccc2c1sc1cc3c4ccccc4n(-c4ccccc4)c3cc12. The molecule has 0 saturated carbocycles. The molecule has 0 aliphatic rings. The molecular formula is C25H17NS. The number of aromatic nitrogens is 1. The Labute approximate surface area is 161 Å². The number of aryl methyl sites for hydroxylation is 1. The van der Waals surface area contributed by atoms with Gasteiger partial charge in [-0.3, -0.25) is 0 Å². The molecule has 0 bridgehead atoms. The van der Waals surface area contributed by atoms with E-state index >= 15 is 0 Å². The zero-order valence-corrected chi connectivity index (χ0v) is 15.8. The number of fused-ring (bicyclic) bond motifs is 6. The van der Waals surface area contributed by atoms with E-state index in [0.717, 1.165) is 0 Å². The first-order chi connectivity index (χ1) is 13.3. The monoisotopic (exact) mass is 363 g/mol. The van der Waals surface area contributed by atoms with Gasteiger partial charge in [-0.1, -0.05) is 54.6 Å². The number of nitrogens with zero attached hydrogens (tertiary/aromatic N) is 1. The van der Waals surface area contributed by atoms with E-state index in [-0.39, 0.29) is 0 Å². The number of para-hydroxylation sites is 2. The van der Waals surface area contributed by atoms with Gasteiger partial charge in [0.1, 0.15) is 0 Å². The highest BCUT2D eigenvalue weighted by Crippen LogP contribution is 2.41. The molecule has 2 aromatic heterocycles. The average Bonchev–Trinajstić information content (AvgIpc) is 3.23. The number of hydrogen-bond donors (Lipinski definition) is 0. The van der Waals surface area contributed by atoms with Gasteiger partial charge in [-0.2, -0.15) is 0 Å². The molecule has 0 spiro atoms. The Bertz CT molecular complexity index is 1470. The summed E-state index contributed by atoms with van der Waals surface area (Å²) in [5.41, 5.74) is 5.10. The Hall–Kier alpha value is -3.10. The molecule has 27 heavy (non-hydrogen) atoms. The molecule has 0 saturated heterocycles. The summed E-state index contributed by atoms with van der Waals surface area (Å²) in [4.78, 5) is 0. The molecule has 128 valence electrons. The van der Waals surface area contributed by atoms with Gasteiger partial charge < -0.3 is 4.57 Å². The average molecular weight is 363 g/mol. The third-order valence-corrected chi connectivity index (χ3v) is 6.81. The van der Waals surface area contributed by atoms with E-state index < -0.39 is 0 Å². The third-order valence-electron chi connectivity index (χ3n) is 5.50. The van der Waals surface area contributed by atoms with Crippen LogP contribution in [0.25, 0.3) is 47.7 Å². The standard InChI is InChI=1S/C25H17NS/c1-16-8-7-12-19-21-14-23-20(15-24(21)27-25(16)19)18-11-5-6-13-22(18)26(23)17-9-3-2-4-10-17/h2-15H,1H3. The fraction of sp³-hybridized carbons (Fsp3) is 0.0400. The normalized spacial score (nSPS) is 11.9. The maximum absolute atomic E-state index is 2.39. The highest BCUT2D eigenvalue weighted by Gasteiger charge is 2.15. The maximum Gasteiger partial charge on any atom is 0.0548 e. The van der Waals surface area contributed by atoms with E-state index in [4.69, 9.17) is 0 Å². The molecule has 6 aromatic rings. The lowest BCUT2D eigenvalue weighted by molar-refractivity contribution is 1.18. The van der Waals surface area contributed by atoms with Crippen molar-refractivity contribution >= 4 is 53.3 Å². The summed E-state index contributed by atoms with van der Waals surface area (Å²) < 4.78 is 5.15. The molecule has 0 N–H and O–H groups in total. The van der Waals surface area contributed by atoms with Crippen LogP contribution in [0.4, 0.5) is 0 Å². The van der Waals surface area contributed by atoms with Crippen molar-refractivity contribution in [2.45, 2.75) is 6.92 Å². The summed E-state index contributed by atoms with van der Waals surface area (Å²) >= 11 is 1.91. The van der Waals surface area contributed by atoms with Crippen LogP contribution in [-0.2, 0) is 0 Å². The van der Waals surface area contributed by atoms with Crippen LogP contribution in [0.5, 0.6) is 0 Å². The van der Waals surface area contributed by atoms with Crippen LogP contribution in [0.15, 0.2) is 84.9 Å². The van der Waals surface area contributed by atoms with Crippen molar-refractivity contribution < 1.29 is 0 Å². The molecular weight excluding hydrogens is 346 g/mol. The van der Waals surface area contributed by atoms with Gasteiger partial charge in [-0.05, 0) is 42.8 Å². The topological polar surface area (TPSA) is 4.93 Å². The van der Waals surface area contributed by atoms with Crippen molar-refractivity contribution in [3.05, 3.63) is 90.5 Å². The smallest absolute Gasteiger partial charge is 0.0548 e. The lowest BCUT2D eigenvalue weighted by atomic mass is 10.1. The van der Waals surface area contributed by atoms with Gasteiger partial charge in [0.05, 0.1) is 11.0 Å². The van der Waals surface area contributed by atoms with Crippen LogP contribution in [0.2, 0.25) is 0 Å². The first-order valence-electron chi connectivity index (χ1n) is 9.22. The van der Waals surface area contributed by atoms with Crippen LogP contribution >= 0.6 is 11.3 Å². The van der Waals surface area contributed by atoms with Crippen LogP contribution in [0.1, 0.15) is 5.56 Å². The van der Waals surface area contributed by atoms with Crippen LogP contribution in [0.3, 0.4) is 0 Å². The molecule has 0 radical (unpaired) electrons. The van der Waals surface area contributed by atoms with Crippen molar-refractivity contribution in [3.8, 4) is 5.69 Å². The highest BCUT2D eigenvalue weighted by atomic mass is 32.1. The molecule has 0 atom stereocenters. The van der Waals surface area contributed by atoms with Crippen molar-refractivity contribution in [1.29, 1.82) is 0 Å². The summed E-state index contributed by atoms with van der Waals surface area (Å²) in [6, 6.07) is 30.8. The van der Waals surface area contributed by atoms with Crippen molar-refractivity contribution in [2.24, 2.45) is 0 Å². The van der Waals surface area contributed by atoms with Gasteiger partial charge in [0.25, 0.3) is 0 Å². The molecule has 2 heterocycles. The first kappa shape index (κ1) is 15.0. The zero-order chi connectivity index (χ0) is 18.0. The summed E-state index contributed by atoms with van der Waals surface area (Å²) in [5, 5.41) is 5.35. The molecule has 0 aliphatic heterocycles. The van der Waals surface area contributed by atoms with E-state index in [0.29, 0.717) is 0 Å². The predicted octanol–water partition coefficient (Wildman–Crippen LogP) is 7.46. The minimum atomic E-state index is 1.21. The van der Waals surface area contributed by atoms with Gasteiger partial charge in [0.15, 0.2) is 0 Å². The van der Waals surface area contributed by atoms with E-state index in [1.807, 2.05) is 11.3 Å². The van der Waals surface area contributed by atoms with Crippen molar-refractivity contribution in [3.63, 3.8) is 0 Å². The van der Waals surface area contributed by atoms with Gasteiger partial charge in [0, 0.05) is 36.6 Å². The number of benzene rings is 4. The van der Waals surface area contributed by atoms with E-state index in [1.54, 1.807) is 0 Å². The summed E-state index contributed by atoms with van der Waals surface area (Å²) in [6.07, 6.45) is 0. The second-order valence-electron chi connectivity index (χ2n) is 7.11. The maximum atomic E-state index is 2.39.